The van der Waals surface area contributed by atoms with E-state index in [4.69, 9.17) is 0 Å². The molecule has 0 atom stereocenters. The van der Waals surface area contributed by atoms with Crippen molar-refractivity contribution in [2.45, 2.75) is 72.3 Å². The topological polar surface area (TPSA) is 32.3 Å². The molecule has 26 heavy (non-hydrogen) atoms. The molecule has 2 rings (SSSR count). The van der Waals surface area contributed by atoms with Gasteiger partial charge in [-0.05, 0) is 72.6 Å². The van der Waals surface area contributed by atoms with Gasteiger partial charge in [-0.1, -0.05) is 58.4 Å². The quantitative estimate of drug-likeness (QED) is 0.554. The maximum Gasteiger partial charge on any atom is 0.0891 e. The Kier molecular flexibility index (Phi) is 7.28. The summed E-state index contributed by atoms with van der Waals surface area (Å²) in [4.78, 5) is 0. The molecule has 0 aliphatic rings. The van der Waals surface area contributed by atoms with Crippen LogP contribution >= 0.6 is 0 Å². The Morgan fingerprint density at radius 1 is 0.846 bits per heavy atom. The number of nitrogens with one attached hydrogen (secondary N) is 1. The van der Waals surface area contributed by atoms with Crippen LogP contribution in [0.5, 0.6) is 0 Å². The van der Waals surface area contributed by atoms with Gasteiger partial charge >= 0.3 is 0 Å². The lowest BCUT2D eigenvalue weighted by molar-refractivity contribution is 0.0283. The van der Waals surface area contributed by atoms with Crippen LogP contribution in [0.25, 0.3) is 11.1 Å². The van der Waals surface area contributed by atoms with Crippen molar-refractivity contribution in [3.05, 3.63) is 53.1 Å². The highest BCUT2D eigenvalue weighted by Gasteiger charge is 2.25. The number of hydrogen-bond donors (Lipinski definition) is 2. The molecule has 0 bridgehead atoms. The molecule has 0 heterocycles. The van der Waals surface area contributed by atoms with Gasteiger partial charge in [0.1, 0.15) is 0 Å². The predicted octanol–water partition coefficient (Wildman–Crippen LogP) is 6.31. The summed E-state index contributed by atoms with van der Waals surface area (Å²) in [6, 6.07) is 13.3. The first-order valence-electron chi connectivity index (χ1n) is 10.3. The van der Waals surface area contributed by atoms with Crippen LogP contribution in [0.4, 0.5) is 5.69 Å². The summed E-state index contributed by atoms with van der Waals surface area (Å²) in [5.74, 6) is 0. The van der Waals surface area contributed by atoms with E-state index in [0.29, 0.717) is 0 Å². The van der Waals surface area contributed by atoms with E-state index in [1.165, 1.54) is 27.9 Å². The zero-order chi connectivity index (χ0) is 19.2. The summed E-state index contributed by atoms with van der Waals surface area (Å²) in [6.45, 7) is 11.6. The standard InChI is InChI=1S/C24H35NO/c1-6-11-19-16-20(24(26,8-3)9-4)13-15-22(19)23-17-21(25-10-5)14-12-18(23)7-2/h12-17,25-26H,6-11H2,1-5H3. The van der Waals surface area contributed by atoms with Crippen molar-refractivity contribution < 1.29 is 5.11 Å². The molecule has 0 aliphatic carbocycles. The van der Waals surface area contributed by atoms with E-state index in [0.717, 1.165) is 44.2 Å². The summed E-state index contributed by atoms with van der Waals surface area (Å²) in [6.07, 6.45) is 4.63. The maximum atomic E-state index is 11.0. The van der Waals surface area contributed by atoms with Gasteiger partial charge in [0.15, 0.2) is 0 Å². The van der Waals surface area contributed by atoms with Gasteiger partial charge in [-0.25, -0.2) is 0 Å². The highest BCUT2D eigenvalue weighted by atomic mass is 16.3. The van der Waals surface area contributed by atoms with Crippen molar-refractivity contribution in [2.24, 2.45) is 0 Å². The van der Waals surface area contributed by atoms with E-state index in [1.807, 2.05) is 0 Å². The highest BCUT2D eigenvalue weighted by molar-refractivity contribution is 5.75. The molecule has 2 aromatic carbocycles. The van der Waals surface area contributed by atoms with Crippen LogP contribution < -0.4 is 5.32 Å². The average molecular weight is 354 g/mol. The molecule has 0 aliphatic heterocycles. The molecule has 0 saturated heterocycles. The smallest absolute Gasteiger partial charge is 0.0891 e. The largest absolute Gasteiger partial charge is 0.385 e. The minimum atomic E-state index is -0.722. The Morgan fingerprint density at radius 2 is 1.58 bits per heavy atom. The zero-order valence-corrected chi connectivity index (χ0v) is 17.2. The second-order valence-corrected chi connectivity index (χ2v) is 7.12. The summed E-state index contributed by atoms with van der Waals surface area (Å²) >= 11 is 0. The van der Waals surface area contributed by atoms with Crippen LogP contribution in [0, 0.1) is 0 Å². The molecule has 142 valence electrons. The van der Waals surface area contributed by atoms with Crippen molar-refractivity contribution in [1.29, 1.82) is 0 Å². The van der Waals surface area contributed by atoms with Gasteiger partial charge in [0.05, 0.1) is 5.60 Å². The molecule has 0 spiro atoms. The summed E-state index contributed by atoms with van der Waals surface area (Å²) < 4.78 is 0. The SMILES string of the molecule is CCCc1cc(C(O)(CC)CC)ccc1-c1cc(NCC)ccc1CC. The van der Waals surface area contributed by atoms with Crippen LogP contribution in [-0.4, -0.2) is 11.7 Å². The maximum absolute atomic E-state index is 11.0. The Morgan fingerprint density at radius 3 is 2.15 bits per heavy atom. The molecular weight excluding hydrogens is 318 g/mol. The lowest BCUT2D eigenvalue weighted by atomic mass is 9.84. The lowest BCUT2D eigenvalue weighted by Crippen LogP contribution is -2.23. The number of hydrogen-bond acceptors (Lipinski definition) is 2. The molecule has 0 unspecified atom stereocenters. The number of aliphatic hydroxyl groups is 1. The van der Waals surface area contributed by atoms with E-state index in [1.54, 1.807) is 0 Å². The number of aryl methyl sites for hydroxylation is 2. The van der Waals surface area contributed by atoms with Crippen LogP contribution in [0.3, 0.4) is 0 Å². The fraction of sp³-hybridized carbons (Fsp3) is 0.500. The van der Waals surface area contributed by atoms with E-state index in [9.17, 15) is 5.11 Å². The molecule has 0 radical (unpaired) electrons. The summed E-state index contributed by atoms with van der Waals surface area (Å²) in [7, 11) is 0. The van der Waals surface area contributed by atoms with Crippen molar-refractivity contribution >= 4 is 5.69 Å². The average Bonchev–Trinajstić information content (AvgIpc) is 2.68. The molecule has 2 nitrogen and oxygen atoms in total. The first-order valence-corrected chi connectivity index (χ1v) is 10.3. The van der Waals surface area contributed by atoms with Crippen molar-refractivity contribution in [3.63, 3.8) is 0 Å². The van der Waals surface area contributed by atoms with Crippen LogP contribution in [0.1, 0.15) is 70.6 Å². The first kappa shape index (κ1) is 20.5. The third-order valence-electron chi connectivity index (χ3n) is 5.49. The van der Waals surface area contributed by atoms with Crippen LogP contribution in [-0.2, 0) is 18.4 Å². The van der Waals surface area contributed by atoms with Crippen molar-refractivity contribution in [1.82, 2.24) is 0 Å². The Hall–Kier alpha value is -1.80. The number of anilines is 1. The van der Waals surface area contributed by atoms with E-state index >= 15 is 0 Å². The normalized spacial score (nSPS) is 11.6. The molecule has 0 saturated carbocycles. The Bertz CT molecular complexity index is 716. The second-order valence-electron chi connectivity index (χ2n) is 7.12. The Balaban J connectivity index is 2.60. The molecule has 0 fully saturated rings. The fourth-order valence-electron chi connectivity index (χ4n) is 3.73. The summed E-state index contributed by atoms with van der Waals surface area (Å²) in [5, 5.41) is 14.4. The zero-order valence-electron chi connectivity index (χ0n) is 17.2. The van der Waals surface area contributed by atoms with Crippen molar-refractivity contribution in [2.75, 3.05) is 11.9 Å². The van der Waals surface area contributed by atoms with Gasteiger partial charge in [-0.15, -0.1) is 0 Å². The van der Waals surface area contributed by atoms with Gasteiger partial charge in [0, 0.05) is 12.2 Å². The third kappa shape index (κ3) is 4.29. The second kappa shape index (κ2) is 9.23. The Labute approximate surface area is 159 Å². The van der Waals surface area contributed by atoms with E-state index in [-0.39, 0.29) is 0 Å². The monoisotopic (exact) mass is 353 g/mol. The first-order chi connectivity index (χ1) is 12.5. The molecular formula is C24H35NO. The van der Waals surface area contributed by atoms with Crippen LogP contribution in [0.15, 0.2) is 36.4 Å². The minimum Gasteiger partial charge on any atom is -0.385 e. The molecule has 0 amide bonds. The predicted molar refractivity (Wildman–Crippen MR) is 114 cm³/mol. The molecule has 2 heteroatoms. The highest BCUT2D eigenvalue weighted by Crippen LogP contribution is 2.35. The molecule has 2 N–H and O–H groups in total. The molecule has 2 aromatic rings. The van der Waals surface area contributed by atoms with Crippen LogP contribution in [0.2, 0.25) is 0 Å². The van der Waals surface area contributed by atoms with Gasteiger partial charge in [0.2, 0.25) is 0 Å². The van der Waals surface area contributed by atoms with Crippen molar-refractivity contribution in [3.8, 4) is 11.1 Å². The fourth-order valence-corrected chi connectivity index (χ4v) is 3.73. The minimum absolute atomic E-state index is 0.722. The number of rotatable bonds is 9. The third-order valence-corrected chi connectivity index (χ3v) is 5.49. The number of benzene rings is 2. The lowest BCUT2D eigenvalue weighted by Gasteiger charge is -2.27. The van der Waals surface area contributed by atoms with Gasteiger partial charge in [-0.2, -0.15) is 0 Å². The van der Waals surface area contributed by atoms with Gasteiger partial charge in [-0.3, -0.25) is 0 Å². The van der Waals surface area contributed by atoms with E-state index in [2.05, 4.69) is 76.3 Å². The molecule has 0 aromatic heterocycles. The summed E-state index contributed by atoms with van der Waals surface area (Å²) in [5.41, 5.74) is 6.84. The van der Waals surface area contributed by atoms with Gasteiger partial charge < -0.3 is 10.4 Å². The van der Waals surface area contributed by atoms with Gasteiger partial charge in [0.25, 0.3) is 0 Å². The van der Waals surface area contributed by atoms with E-state index < -0.39 is 5.60 Å².